The summed E-state index contributed by atoms with van der Waals surface area (Å²) in [5.74, 6) is -0.118. The molecular weight excluding hydrogens is 420 g/mol. The van der Waals surface area contributed by atoms with Crippen molar-refractivity contribution in [3.05, 3.63) is 59.2 Å². The molecular formula is C26H32N2O5. The Morgan fingerprint density at radius 2 is 1.67 bits per heavy atom. The van der Waals surface area contributed by atoms with E-state index in [1.807, 2.05) is 19.1 Å². The molecule has 1 heterocycles. The fraction of sp³-hybridized carbons (Fsp3) is 0.346. The first-order valence-corrected chi connectivity index (χ1v) is 11.1. The normalized spacial score (nSPS) is 11.1. The van der Waals surface area contributed by atoms with Crippen molar-refractivity contribution in [3.8, 4) is 34.4 Å². The minimum absolute atomic E-state index is 0.0300. The van der Waals surface area contributed by atoms with E-state index in [0.717, 1.165) is 18.7 Å². The zero-order chi connectivity index (χ0) is 24.1. The van der Waals surface area contributed by atoms with E-state index >= 15 is 0 Å². The molecule has 176 valence electrons. The highest BCUT2D eigenvalue weighted by Crippen LogP contribution is 2.45. The van der Waals surface area contributed by atoms with Crippen LogP contribution in [0.1, 0.15) is 35.3 Å². The van der Waals surface area contributed by atoms with Gasteiger partial charge in [-0.15, -0.1) is 0 Å². The van der Waals surface area contributed by atoms with Gasteiger partial charge in [0.1, 0.15) is 11.5 Å². The molecule has 7 nitrogen and oxygen atoms in total. The summed E-state index contributed by atoms with van der Waals surface area (Å²) >= 11 is 0. The van der Waals surface area contributed by atoms with Crippen molar-refractivity contribution in [1.82, 2.24) is 9.47 Å². The Balaban J connectivity index is 2.26. The third-order valence-electron chi connectivity index (χ3n) is 5.95. The Morgan fingerprint density at radius 1 is 1.00 bits per heavy atom. The summed E-state index contributed by atoms with van der Waals surface area (Å²) in [5.41, 5.74) is 2.40. The number of hydrogen-bond acceptors (Lipinski definition) is 6. The average Bonchev–Trinajstić information content (AvgIpc) is 3.09. The lowest BCUT2D eigenvalue weighted by atomic mass is 9.98. The first kappa shape index (κ1) is 24.2. The minimum atomic E-state index is -0.444. The van der Waals surface area contributed by atoms with Crippen LogP contribution in [-0.2, 0) is 6.54 Å². The molecule has 3 rings (SSSR count). The Morgan fingerprint density at radius 3 is 2.24 bits per heavy atom. The molecule has 0 aliphatic heterocycles. The fourth-order valence-corrected chi connectivity index (χ4v) is 3.94. The van der Waals surface area contributed by atoms with Gasteiger partial charge in [-0.2, -0.15) is 0 Å². The van der Waals surface area contributed by atoms with Gasteiger partial charge in [0.15, 0.2) is 11.5 Å². The molecule has 2 N–H and O–H groups in total. The average molecular weight is 453 g/mol. The molecule has 33 heavy (non-hydrogen) atoms. The van der Waals surface area contributed by atoms with Gasteiger partial charge in [0.2, 0.25) is 5.88 Å². The summed E-state index contributed by atoms with van der Waals surface area (Å²) in [6.45, 7) is 8.76. The molecule has 1 aromatic heterocycles. The van der Waals surface area contributed by atoms with Crippen molar-refractivity contribution >= 4 is 5.78 Å². The predicted molar refractivity (Wildman–Crippen MR) is 129 cm³/mol. The van der Waals surface area contributed by atoms with Crippen molar-refractivity contribution in [1.29, 1.82) is 0 Å². The topological polar surface area (TPSA) is 84.2 Å². The van der Waals surface area contributed by atoms with E-state index in [1.54, 1.807) is 42.0 Å². The van der Waals surface area contributed by atoms with Crippen LogP contribution in [0, 0.1) is 6.92 Å². The first-order chi connectivity index (χ1) is 15.9. The Kier molecular flexibility index (Phi) is 7.66. The van der Waals surface area contributed by atoms with Gasteiger partial charge in [0.05, 0.1) is 25.5 Å². The lowest BCUT2D eigenvalue weighted by Crippen LogP contribution is -2.27. The van der Waals surface area contributed by atoms with Crippen LogP contribution in [0.4, 0.5) is 0 Å². The Bertz CT molecular complexity index is 1110. The van der Waals surface area contributed by atoms with Gasteiger partial charge in [-0.05, 0) is 38.2 Å². The van der Waals surface area contributed by atoms with E-state index in [0.29, 0.717) is 41.4 Å². The molecule has 2 aromatic carbocycles. The summed E-state index contributed by atoms with van der Waals surface area (Å²) in [4.78, 5) is 15.8. The molecule has 0 radical (unpaired) electrons. The van der Waals surface area contributed by atoms with Crippen LogP contribution in [0.5, 0.6) is 23.1 Å². The van der Waals surface area contributed by atoms with Crippen molar-refractivity contribution in [2.45, 2.75) is 27.3 Å². The molecule has 0 bridgehead atoms. The van der Waals surface area contributed by atoms with Crippen LogP contribution in [0.3, 0.4) is 0 Å². The Hall–Kier alpha value is -3.45. The van der Waals surface area contributed by atoms with Crippen LogP contribution in [0.25, 0.3) is 11.3 Å². The number of benzene rings is 2. The predicted octanol–water partition coefficient (Wildman–Crippen LogP) is 4.46. The molecule has 0 unspecified atom stereocenters. The van der Waals surface area contributed by atoms with Gasteiger partial charge in [-0.3, -0.25) is 4.79 Å². The molecule has 0 amide bonds. The van der Waals surface area contributed by atoms with E-state index in [2.05, 4.69) is 18.7 Å². The standard InChI is InChI=1S/C26H32N2O5/c1-6-27(7-2)14-15-28-23(20-16-19(32-4)12-13-21(20)33-5)22(25(30)26(28)31)24(29)18-10-8-17(3)9-11-18/h8-13,16,30-31H,6-7,14-15H2,1-5H3. The summed E-state index contributed by atoms with van der Waals surface area (Å²) in [5, 5.41) is 21.9. The molecule has 0 aliphatic rings. The summed E-state index contributed by atoms with van der Waals surface area (Å²) < 4.78 is 12.6. The number of likely N-dealkylation sites (N-methyl/N-ethyl adjacent to an activating group) is 1. The number of ether oxygens (including phenoxy) is 2. The number of nitrogens with zero attached hydrogens (tertiary/aromatic N) is 2. The number of rotatable bonds is 10. The smallest absolute Gasteiger partial charge is 0.235 e. The molecule has 0 spiro atoms. The minimum Gasteiger partial charge on any atom is -0.503 e. The molecule has 7 heteroatoms. The van der Waals surface area contributed by atoms with Crippen molar-refractivity contribution in [2.75, 3.05) is 33.9 Å². The van der Waals surface area contributed by atoms with E-state index in [9.17, 15) is 15.0 Å². The van der Waals surface area contributed by atoms with Gasteiger partial charge in [-0.25, -0.2) is 0 Å². The van der Waals surface area contributed by atoms with Crippen molar-refractivity contribution in [2.24, 2.45) is 0 Å². The third-order valence-corrected chi connectivity index (χ3v) is 5.95. The van der Waals surface area contributed by atoms with E-state index < -0.39 is 5.75 Å². The highest BCUT2D eigenvalue weighted by Gasteiger charge is 2.30. The largest absolute Gasteiger partial charge is 0.503 e. The van der Waals surface area contributed by atoms with Gasteiger partial charge in [-0.1, -0.05) is 43.7 Å². The maximum atomic E-state index is 13.6. The zero-order valence-corrected chi connectivity index (χ0v) is 19.9. The number of methoxy groups -OCH3 is 2. The number of ketones is 1. The number of aryl methyl sites for hydroxylation is 1. The van der Waals surface area contributed by atoms with Gasteiger partial charge < -0.3 is 29.2 Å². The number of carbonyl (C=O) groups is 1. The van der Waals surface area contributed by atoms with Crippen LogP contribution in [0.2, 0.25) is 0 Å². The number of carbonyl (C=O) groups excluding carboxylic acids is 1. The van der Waals surface area contributed by atoms with Crippen LogP contribution >= 0.6 is 0 Å². The van der Waals surface area contributed by atoms with Crippen molar-refractivity contribution in [3.63, 3.8) is 0 Å². The maximum absolute atomic E-state index is 13.6. The van der Waals surface area contributed by atoms with Crippen LogP contribution in [0.15, 0.2) is 42.5 Å². The number of aromatic hydroxyl groups is 2. The van der Waals surface area contributed by atoms with Crippen molar-refractivity contribution < 1.29 is 24.5 Å². The lowest BCUT2D eigenvalue weighted by Gasteiger charge is -2.20. The highest BCUT2D eigenvalue weighted by atomic mass is 16.5. The van der Waals surface area contributed by atoms with Gasteiger partial charge >= 0.3 is 0 Å². The summed E-state index contributed by atoms with van der Waals surface area (Å²) in [6.07, 6.45) is 0. The zero-order valence-electron chi connectivity index (χ0n) is 19.9. The van der Waals surface area contributed by atoms with Crippen LogP contribution in [-0.4, -0.2) is 59.3 Å². The van der Waals surface area contributed by atoms with E-state index in [-0.39, 0.29) is 17.2 Å². The Labute approximate surface area is 194 Å². The second kappa shape index (κ2) is 10.4. The molecule has 0 atom stereocenters. The lowest BCUT2D eigenvalue weighted by molar-refractivity contribution is 0.103. The molecule has 0 aliphatic carbocycles. The summed E-state index contributed by atoms with van der Waals surface area (Å²) in [6, 6.07) is 12.4. The van der Waals surface area contributed by atoms with E-state index in [1.165, 1.54) is 7.11 Å². The maximum Gasteiger partial charge on any atom is 0.235 e. The molecule has 0 fully saturated rings. The second-order valence-corrected chi connectivity index (χ2v) is 7.84. The molecule has 0 saturated carbocycles. The van der Waals surface area contributed by atoms with Gasteiger partial charge in [0, 0.05) is 24.2 Å². The summed E-state index contributed by atoms with van der Waals surface area (Å²) in [7, 11) is 3.09. The second-order valence-electron chi connectivity index (χ2n) is 7.84. The third kappa shape index (κ3) is 4.83. The monoisotopic (exact) mass is 452 g/mol. The fourth-order valence-electron chi connectivity index (χ4n) is 3.94. The van der Waals surface area contributed by atoms with E-state index in [4.69, 9.17) is 9.47 Å². The number of hydrogen-bond donors (Lipinski definition) is 2. The first-order valence-electron chi connectivity index (χ1n) is 11.1. The number of aromatic nitrogens is 1. The molecule has 0 saturated heterocycles. The highest BCUT2D eigenvalue weighted by molar-refractivity contribution is 6.15. The van der Waals surface area contributed by atoms with Crippen LogP contribution < -0.4 is 9.47 Å². The molecule has 3 aromatic rings. The SMILES string of the molecule is CCN(CC)CCn1c(O)c(O)c(C(=O)c2ccc(C)cc2)c1-c1cc(OC)ccc1OC. The van der Waals surface area contributed by atoms with Gasteiger partial charge in [0.25, 0.3) is 0 Å². The quantitative estimate of drug-likeness (QED) is 0.442.